The molecule has 1 aromatic rings. The van der Waals surface area contributed by atoms with Gasteiger partial charge in [-0.1, -0.05) is 18.9 Å². The number of carbonyl (C=O) groups excluding carboxylic acids is 1. The molecule has 0 radical (unpaired) electrons. The fourth-order valence-corrected chi connectivity index (χ4v) is 3.55. The molecule has 0 saturated heterocycles. The smallest absolute Gasteiger partial charge is 0.230 e. The molecular formula is C18H27BrFIN4O. The normalized spacial score (nSPS) is 16.0. The lowest BCUT2D eigenvalue weighted by Gasteiger charge is -2.31. The Balaban J connectivity index is 0.00000338. The molecule has 1 fully saturated rings. The fourth-order valence-electron chi connectivity index (χ4n) is 3.30. The number of halogens is 3. The number of aliphatic imine (C=N–C) groups is 1. The molecule has 1 saturated carbocycles. The summed E-state index contributed by atoms with van der Waals surface area (Å²) in [5.41, 5.74) is 0.466. The lowest BCUT2D eigenvalue weighted by Crippen LogP contribution is -2.49. The summed E-state index contributed by atoms with van der Waals surface area (Å²) >= 11 is 3.15. The second kappa shape index (κ2) is 10.4. The molecule has 0 aliphatic heterocycles. The van der Waals surface area contributed by atoms with Crippen LogP contribution in [0.2, 0.25) is 0 Å². The van der Waals surface area contributed by atoms with Crippen molar-refractivity contribution in [2.24, 2.45) is 10.4 Å². The van der Waals surface area contributed by atoms with E-state index < -0.39 is 0 Å². The van der Waals surface area contributed by atoms with Crippen molar-refractivity contribution in [3.8, 4) is 0 Å². The maximum absolute atomic E-state index is 13.6. The zero-order valence-corrected chi connectivity index (χ0v) is 19.4. The summed E-state index contributed by atoms with van der Waals surface area (Å²) in [7, 11) is 5.29. The van der Waals surface area contributed by atoms with E-state index in [1.54, 1.807) is 32.1 Å². The van der Waals surface area contributed by atoms with E-state index in [0.717, 1.165) is 31.2 Å². The molecule has 0 aromatic heterocycles. The number of carbonyl (C=O) groups is 1. The molecule has 0 heterocycles. The van der Waals surface area contributed by atoms with Gasteiger partial charge in [0.2, 0.25) is 5.91 Å². The third-order valence-corrected chi connectivity index (χ3v) is 5.33. The molecule has 0 bridgehead atoms. The topological polar surface area (TPSA) is 56.7 Å². The van der Waals surface area contributed by atoms with Gasteiger partial charge in [0.25, 0.3) is 0 Å². The highest BCUT2D eigenvalue weighted by molar-refractivity contribution is 14.0. The Hall–Kier alpha value is -0.900. The number of amides is 1. The van der Waals surface area contributed by atoms with Crippen LogP contribution in [0.4, 0.5) is 4.39 Å². The Kier molecular flexibility index (Phi) is 9.29. The van der Waals surface area contributed by atoms with E-state index in [4.69, 9.17) is 0 Å². The Morgan fingerprint density at radius 2 is 1.96 bits per heavy atom. The van der Waals surface area contributed by atoms with E-state index >= 15 is 0 Å². The van der Waals surface area contributed by atoms with E-state index in [-0.39, 0.29) is 41.1 Å². The summed E-state index contributed by atoms with van der Waals surface area (Å²) < 4.78 is 14.0. The molecule has 0 atom stereocenters. The molecule has 1 aliphatic carbocycles. The fraction of sp³-hybridized carbons (Fsp3) is 0.556. The van der Waals surface area contributed by atoms with Crippen molar-refractivity contribution in [2.75, 3.05) is 27.7 Å². The number of benzene rings is 1. The van der Waals surface area contributed by atoms with Crippen molar-refractivity contribution in [1.82, 2.24) is 15.5 Å². The number of hydrogen-bond donors (Lipinski definition) is 2. The molecule has 1 amide bonds. The Labute approximate surface area is 180 Å². The summed E-state index contributed by atoms with van der Waals surface area (Å²) in [6.45, 7) is 1.01. The van der Waals surface area contributed by atoms with Crippen LogP contribution in [0.1, 0.15) is 31.2 Å². The lowest BCUT2D eigenvalue weighted by atomic mass is 9.84. The predicted molar refractivity (Wildman–Crippen MR) is 117 cm³/mol. The van der Waals surface area contributed by atoms with Gasteiger partial charge in [-0.25, -0.2) is 4.39 Å². The predicted octanol–water partition coefficient (Wildman–Crippen LogP) is 3.52. The van der Waals surface area contributed by atoms with Crippen molar-refractivity contribution in [3.05, 3.63) is 34.1 Å². The number of guanidine groups is 1. The molecule has 1 aliphatic rings. The highest BCUT2D eigenvalue weighted by Gasteiger charge is 2.42. The van der Waals surface area contributed by atoms with Gasteiger partial charge in [-0.05, 0) is 46.5 Å². The van der Waals surface area contributed by atoms with Gasteiger partial charge < -0.3 is 15.5 Å². The highest BCUT2D eigenvalue weighted by Crippen LogP contribution is 2.38. The SMILES string of the molecule is CN=C(NCc1ccc(Br)c(F)c1)NCC1(C(=O)N(C)C)CCCC1.I. The number of nitrogens with one attached hydrogen (secondary N) is 2. The zero-order chi connectivity index (χ0) is 18.4. The van der Waals surface area contributed by atoms with Crippen molar-refractivity contribution in [1.29, 1.82) is 0 Å². The van der Waals surface area contributed by atoms with Crippen LogP contribution in [0.15, 0.2) is 27.7 Å². The minimum Gasteiger partial charge on any atom is -0.355 e. The van der Waals surface area contributed by atoms with E-state index in [9.17, 15) is 9.18 Å². The van der Waals surface area contributed by atoms with Crippen LogP contribution in [0, 0.1) is 11.2 Å². The van der Waals surface area contributed by atoms with Crippen molar-refractivity contribution in [3.63, 3.8) is 0 Å². The Morgan fingerprint density at radius 3 is 2.50 bits per heavy atom. The first-order chi connectivity index (χ1) is 11.9. The van der Waals surface area contributed by atoms with Gasteiger partial charge in [0.05, 0.1) is 9.89 Å². The molecule has 146 valence electrons. The van der Waals surface area contributed by atoms with Crippen LogP contribution in [0.3, 0.4) is 0 Å². The van der Waals surface area contributed by atoms with Crippen molar-refractivity contribution >= 4 is 51.8 Å². The van der Waals surface area contributed by atoms with Crippen LogP contribution in [0.5, 0.6) is 0 Å². The van der Waals surface area contributed by atoms with Gasteiger partial charge in [-0.3, -0.25) is 9.79 Å². The maximum atomic E-state index is 13.6. The summed E-state index contributed by atoms with van der Waals surface area (Å²) in [6.07, 6.45) is 3.94. The molecule has 26 heavy (non-hydrogen) atoms. The Bertz CT molecular complexity index is 648. The number of hydrogen-bond acceptors (Lipinski definition) is 2. The average Bonchev–Trinajstić information content (AvgIpc) is 3.07. The van der Waals surface area contributed by atoms with Crippen LogP contribution >= 0.6 is 39.9 Å². The Morgan fingerprint density at radius 1 is 1.31 bits per heavy atom. The van der Waals surface area contributed by atoms with Crippen LogP contribution in [0.25, 0.3) is 0 Å². The highest BCUT2D eigenvalue weighted by atomic mass is 127. The van der Waals surface area contributed by atoms with Gasteiger partial charge in [0.15, 0.2) is 5.96 Å². The number of nitrogens with zero attached hydrogens (tertiary/aromatic N) is 2. The van der Waals surface area contributed by atoms with Gasteiger partial charge in [0.1, 0.15) is 5.82 Å². The molecule has 0 unspecified atom stereocenters. The summed E-state index contributed by atoms with van der Waals surface area (Å²) in [5.74, 6) is 0.493. The van der Waals surface area contributed by atoms with Crippen LogP contribution in [-0.2, 0) is 11.3 Å². The second-order valence-corrected chi connectivity index (χ2v) is 7.57. The molecule has 2 N–H and O–H groups in total. The maximum Gasteiger partial charge on any atom is 0.230 e. The standard InChI is InChI=1S/C18H26BrFN4O.HI/c1-21-17(22-11-13-6-7-14(19)15(20)10-13)23-12-18(8-4-5-9-18)16(25)24(2)3;/h6-7,10H,4-5,8-9,11-12H2,1-3H3,(H2,21,22,23);1H. The molecule has 0 spiro atoms. The van der Waals surface area contributed by atoms with Gasteiger partial charge >= 0.3 is 0 Å². The molecule has 8 heteroatoms. The quantitative estimate of drug-likeness (QED) is 0.341. The monoisotopic (exact) mass is 540 g/mol. The average molecular weight is 541 g/mol. The minimum absolute atomic E-state index is 0. The summed E-state index contributed by atoms with van der Waals surface area (Å²) in [6, 6.07) is 5.02. The summed E-state index contributed by atoms with van der Waals surface area (Å²) in [4.78, 5) is 18.5. The second-order valence-electron chi connectivity index (χ2n) is 6.71. The molecule has 2 rings (SSSR count). The van der Waals surface area contributed by atoms with E-state index in [0.29, 0.717) is 23.5 Å². The number of rotatable bonds is 5. The minimum atomic E-state index is -0.356. The van der Waals surface area contributed by atoms with Gasteiger partial charge in [-0.2, -0.15) is 0 Å². The first kappa shape index (κ1) is 23.1. The molecule has 1 aromatic carbocycles. The largest absolute Gasteiger partial charge is 0.355 e. The van der Waals surface area contributed by atoms with E-state index in [1.165, 1.54) is 6.07 Å². The third-order valence-electron chi connectivity index (χ3n) is 4.68. The summed E-state index contributed by atoms with van der Waals surface area (Å²) in [5, 5.41) is 6.45. The first-order valence-electron chi connectivity index (χ1n) is 8.48. The van der Waals surface area contributed by atoms with Crippen molar-refractivity contribution < 1.29 is 9.18 Å². The molecular weight excluding hydrogens is 514 g/mol. The van der Waals surface area contributed by atoms with E-state index in [2.05, 4.69) is 31.6 Å². The van der Waals surface area contributed by atoms with Crippen LogP contribution in [-0.4, -0.2) is 44.5 Å². The zero-order valence-electron chi connectivity index (χ0n) is 15.4. The van der Waals surface area contributed by atoms with E-state index in [1.807, 2.05) is 6.07 Å². The van der Waals surface area contributed by atoms with Gasteiger partial charge in [-0.15, -0.1) is 24.0 Å². The lowest BCUT2D eigenvalue weighted by molar-refractivity contribution is -0.138. The molecule has 5 nitrogen and oxygen atoms in total. The van der Waals surface area contributed by atoms with Gasteiger partial charge in [0, 0.05) is 34.2 Å². The third kappa shape index (κ3) is 5.80. The van der Waals surface area contributed by atoms with Crippen LogP contribution < -0.4 is 10.6 Å². The van der Waals surface area contributed by atoms with Crippen molar-refractivity contribution in [2.45, 2.75) is 32.2 Å². The first-order valence-corrected chi connectivity index (χ1v) is 9.27.